The lowest BCUT2D eigenvalue weighted by Crippen LogP contribution is -2.39. The van der Waals surface area contributed by atoms with Gasteiger partial charge in [0.05, 0.1) is 6.04 Å². The Labute approximate surface area is 126 Å². The molecule has 122 valence electrons. The zero-order valence-electron chi connectivity index (χ0n) is 12.2. The molecule has 0 heterocycles. The predicted molar refractivity (Wildman–Crippen MR) is 76.3 cm³/mol. The molecule has 1 aromatic rings. The third-order valence-corrected chi connectivity index (χ3v) is 2.89. The van der Waals surface area contributed by atoms with Crippen LogP contribution in [0.5, 0.6) is 0 Å². The van der Waals surface area contributed by atoms with Crippen LogP contribution in [0.4, 0.5) is 18.9 Å². The fourth-order valence-corrected chi connectivity index (χ4v) is 1.52. The molecule has 4 N–H and O–H groups in total. The second kappa shape index (κ2) is 7.26. The molecule has 0 radical (unpaired) electrons. The Morgan fingerprint density at radius 2 is 1.73 bits per heavy atom. The number of hydrogen-bond acceptors (Lipinski definition) is 3. The number of nitrogens with one attached hydrogen (secondary N) is 2. The number of anilines is 1. The maximum absolute atomic E-state index is 12.0. The lowest BCUT2D eigenvalue weighted by atomic mass is 10.0. The second-order valence-electron chi connectivity index (χ2n) is 5.13. The molecule has 0 aliphatic rings. The van der Waals surface area contributed by atoms with Crippen molar-refractivity contribution in [3.8, 4) is 0 Å². The summed E-state index contributed by atoms with van der Waals surface area (Å²) in [4.78, 5) is 23.2. The van der Waals surface area contributed by atoms with Gasteiger partial charge in [-0.15, -0.1) is 0 Å². The largest absolute Gasteiger partial charge is 0.405 e. The normalized spacial score (nSPS) is 12.9. The van der Waals surface area contributed by atoms with Crippen LogP contribution in [-0.2, 0) is 4.79 Å². The number of halogens is 3. The maximum atomic E-state index is 12.0. The molecule has 2 amide bonds. The summed E-state index contributed by atoms with van der Waals surface area (Å²) in [6.07, 6.45) is -4.46. The summed E-state index contributed by atoms with van der Waals surface area (Å²) in [5, 5.41) is 4.33. The van der Waals surface area contributed by atoms with Gasteiger partial charge in [0.2, 0.25) is 5.91 Å². The monoisotopic (exact) mass is 317 g/mol. The van der Waals surface area contributed by atoms with E-state index >= 15 is 0 Å². The predicted octanol–water partition coefficient (Wildman–Crippen LogP) is 1.90. The van der Waals surface area contributed by atoms with E-state index in [0.717, 1.165) is 0 Å². The molecule has 1 atom stereocenters. The number of hydrogen-bond donors (Lipinski definition) is 3. The van der Waals surface area contributed by atoms with Gasteiger partial charge in [0.1, 0.15) is 6.54 Å². The average Bonchev–Trinajstić information content (AvgIpc) is 2.43. The van der Waals surface area contributed by atoms with E-state index in [1.165, 1.54) is 24.3 Å². The standard InChI is InChI=1S/C14H18F3N3O2/c1-8(2)11(18)13(22)20-10-5-3-9(4-6-10)12(21)19-7-14(15,16)17/h3-6,8,11H,7,18H2,1-2H3,(H,19,21)(H,20,22)/t11-/m0/s1. The molecule has 8 heteroatoms. The first-order chi connectivity index (χ1) is 10.1. The third kappa shape index (κ3) is 5.72. The Kier molecular flexibility index (Phi) is 5.92. The van der Waals surface area contributed by atoms with Crippen molar-refractivity contribution >= 4 is 17.5 Å². The maximum Gasteiger partial charge on any atom is 0.405 e. The Balaban J connectivity index is 2.63. The number of carbonyl (C=O) groups is 2. The van der Waals surface area contributed by atoms with E-state index in [-0.39, 0.29) is 17.4 Å². The fourth-order valence-electron chi connectivity index (χ4n) is 1.52. The summed E-state index contributed by atoms with van der Waals surface area (Å²) in [5.41, 5.74) is 6.16. The highest BCUT2D eigenvalue weighted by molar-refractivity contribution is 5.97. The van der Waals surface area contributed by atoms with Crippen molar-refractivity contribution in [2.45, 2.75) is 26.1 Å². The van der Waals surface area contributed by atoms with Crippen LogP contribution in [0.15, 0.2) is 24.3 Å². The van der Waals surface area contributed by atoms with Crippen molar-refractivity contribution in [2.24, 2.45) is 11.7 Å². The fraction of sp³-hybridized carbons (Fsp3) is 0.429. The zero-order chi connectivity index (χ0) is 16.9. The molecule has 0 saturated heterocycles. The van der Waals surface area contributed by atoms with Gasteiger partial charge < -0.3 is 16.4 Å². The summed E-state index contributed by atoms with van der Waals surface area (Å²) < 4.78 is 36.0. The van der Waals surface area contributed by atoms with Gasteiger partial charge in [-0.1, -0.05) is 13.8 Å². The van der Waals surface area contributed by atoms with Crippen LogP contribution in [-0.4, -0.2) is 30.6 Å². The molecule has 0 aromatic heterocycles. The number of rotatable bonds is 5. The van der Waals surface area contributed by atoms with E-state index < -0.39 is 24.7 Å². The molecule has 22 heavy (non-hydrogen) atoms. The van der Waals surface area contributed by atoms with E-state index in [1.807, 2.05) is 0 Å². The lowest BCUT2D eigenvalue weighted by Gasteiger charge is -2.15. The molecule has 0 bridgehead atoms. The minimum absolute atomic E-state index is 0.0348. The highest BCUT2D eigenvalue weighted by Crippen LogP contribution is 2.14. The molecule has 0 unspecified atom stereocenters. The van der Waals surface area contributed by atoms with Gasteiger partial charge in [0.15, 0.2) is 0 Å². The molecule has 0 saturated carbocycles. The summed E-state index contributed by atoms with van der Waals surface area (Å²) >= 11 is 0. The van der Waals surface area contributed by atoms with Gasteiger partial charge in [0, 0.05) is 11.3 Å². The van der Waals surface area contributed by atoms with Crippen molar-refractivity contribution in [3.05, 3.63) is 29.8 Å². The molecule has 1 rings (SSSR count). The number of alkyl halides is 3. The first-order valence-corrected chi connectivity index (χ1v) is 6.61. The quantitative estimate of drug-likeness (QED) is 0.775. The van der Waals surface area contributed by atoms with Crippen molar-refractivity contribution in [3.63, 3.8) is 0 Å². The Bertz CT molecular complexity index is 527. The molecule has 0 aliphatic carbocycles. The summed E-state index contributed by atoms with van der Waals surface area (Å²) in [6, 6.07) is 4.82. The Hall–Kier alpha value is -2.09. The van der Waals surface area contributed by atoms with Crippen molar-refractivity contribution in [1.29, 1.82) is 0 Å². The van der Waals surface area contributed by atoms with Crippen LogP contribution >= 0.6 is 0 Å². The van der Waals surface area contributed by atoms with Crippen LogP contribution in [0.3, 0.4) is 0 Å². The number of amides is 2. The lowest BCUT2D eigenvalue weighted by molar-refractivity contribution is -0.123. The van der Waals surface area contributed by atoms with Gasteiger partial charge >= 0.3 is 6.18 Å². The molecular weight excluding hydrogens is 299 g/mol. The Morgan fingerprint density at radius 3 is 2.18 bits per heavy atom. The SMILES string of the molecule is CC(C)[C@H](N)C(=O)Nc1ccc(C(=O)NCC(F)(F)F)cc1. The number of benzene rings is 1. The third-order valence-electron chi connectivity index (χ3n) is 2.89. The topological polar surface area (TPSA) is 84.2 Å². The first-order valence-electron chi connectivity index (χ1n) is 6.61. The number of carbonyl (C=O) groups excluding carboxylic acids is 2. The van der Waals surface area contributed by atoms with Crippen LogP contribution in [0, 0.1) is 5.92 Å². The van der Waals surface area contributed by atoms with E-state index in [9.17, 15) is 22.8 Å². The van der Waals surface area contributed by atoms with E-state index in [2.05, 4.69) is 5.32 Å². The molecule has 5 nitrogen and oxygen atoms in total. The molecular formula is C14H18F3N3O2. The van der Waals surface area contributed by atoms with E-state index in [1.54, 1.807) is 19.2 Å². The van der Waals surface area contributed by atoms with Crippen LogP contribution in [0.1, 0.15) is 24.2 Å². The summed E-state index contributed by atoms with van der Waals surface area (Å²) in [5.74, 6) is -1.24. The minimum Gasteiger partial charge on any atom is -0.343 e. The molecule has 0 spiro atoms. The smallest absolute Gasteiger partial charge is 0.343 e. The zero-order valence-corrected chi connectivity index (χ0v) is 12.2. The molecule has 0 fully saturated rings. The minimum atomic E-state index is -4.46. The molecule has 1 aromatic carbocycles. The van der Waals surface area contributed by atoms with Crippen LogP contribution < -0.4 is 16.4 Å². The van der Waals surface area contributed by atoms with Crippen molar-refractivity contribution in [1.82, 2.24) is 5.32 Å². The van der Waals surface area contributed by atoms with Gasteiger partial charge in [-0.3, -0.25) is 9.59 Å². The van der Waals surface area contributed by atoms with E-state index in [0.29, 0.717) is 5.69 Å². The van der Waals surface area contributed by atoms with E-state index in [4.69, 9.17) is 5.73 Å². The summed E-state index contributed by atoms with van der Waals surface area (Å²) in [6.45, 7) is 2.21. The van der Waals surface area contributed by atoms with Gasteiger partial charge in [0.25, 0.3) is 5.91 Å². The first kappa shape index (κ1) is 18.0. The highest BCUT2D eigenvalue weighted by Gasteiger charge is 2.27. The van der Waals surface area contributed by atoms with Gasteiger partial charge in [-0.2, -0.15) is 13.2 Å². The van der Waals surface area contributed by atoms with Gasteiger partial charge in [-0.05, 0) is 30.2 Å². The van der Waals surface area contributed by atoms with Crippen LogP contribution in [0.2, 0.25) is 0 Å². The van der Waals surface area contributed by atoms with Crippen molar-refractivity contribution < 1.29 is 22.8 Å². The van der Waals surface area contributed by atoms with Crippen LogP contribution in [0.25, 0.3) is 0 Å². The number of nitrogens with two attached hydrogens (primary N) is 1. The van der Waals surface area contributed by atoms with Gasteiger partial charge in [-0.25, -0.2) is 0 Å². The summed E-state index contributed by atoms with van der Waals surface area (Å²) in [7, 11) is 0. The average molecular weight is 317 g/mol. The molecule has 0 aliphatic heterocycles. The van der Waals surface area contributed by atoms with Crippen molar-refractivity contribution in [2.75, 3.05) is 11.9 Å². The second-order valence-corrected chi connectivity index (χ2v) is 5.13. The Morgan fingerprint density at radius 1 is 1.18 bits per heavy atom. The highest BCUT2D eigenvalue weighted by atomic mass is 19.4.